The molecule has 24 heavy (non-hydrogen) atoms. The minimum atomic E-state index is -0.103. The Labute approximate surface area is 140 Å². The first-order valence-corrected chi connectivity index (χ1v) is 7.80. The van der Waals surface area contributed by atoms with E-state index in [1.807, 2.05) is 31.2 Å². The summed E-state index contributed by atoms with van der Waals surface area (Å²) in [5.41, 5.74) is 2.61. The second-order valence-electron chi connectivity index (χ2n) is 5.76. The number of hydrogen-bond donors (Lipinski definition) is 0. The summed E-state index contributed by atoms with van der Waals surface area (Å²) in [6.45, 7) is 1.94. The summed E-state index contributed by atoms with van der Waals surface area (Å²) >= 11 is 0. The Balaban J connectivity index is 1.73. The zero-order valence-corrected chi connectivity index (χ0v) is 13.7. The lowest BCUT2D eigenvalue weighted by atomic mass is 10.1. The third kappa shape index (κ3) is 2.97. The number of benzene rings is 2. The van der Waals surface area contributed by atoms with Crippen molar-refractivity contribution in [1.29, 1.82) is 0 Å². The van der Waals surface area contributed by atoms with Crippen molar-refractivity contribution in [2.75, 3.05) is 18.6 Å². The van der Waals surface area contributed by atoms with E-state index in [0.717, 1.165) is 18.4 Å². The summed E-state index contributed by atoms with van der Waals surface area (Å²) in [4.78, 5) is 25.2. The van der Waals surface area contributed by atoms with E-state index >= 15 is 0 Å². The molecule has 1 aliphatic heterocycles. The summed E-state index contributed by atoms with van der Waals surface area (Å²) < 4.78 is 10.8. The van der Waals surface area contributed by atoms with E-state index in [9.17, 15) is 9.59 Å². The van der Waals surface area contributed by atoms with Crippen molar-refractivity contribution in [2.24, 2.45) is 0 Å². The molecule has 2 aromatic rings. The number of hydrogen-bond acceptors (Lipinski definition) is 4. The van der Waals surface area contributed by atoms with E-state index in [0.29, 0.717) is 17.1 Å². The first-order chi connectivity index (χ1) is 11.6. The van der Waals surface area contributed by atoms with Crippen LogP contribution in [0, 0.1) is 0 Å². The van der Waals surface area contributed by atoms with Crippen LogP contribution >= 0.6 is 0 Å². The van der Waals surface area contributed by atoms with Crippen molar-refractivity contribution in [2.45, 2.75) is 19.4 Å². The largest absolute Gasteiger partial charge is 0.493 e. The van der Waals surface area contributed by atoms with Gasteiger partial charge in [-0.05, 0) is 43.2 Å². The van der Waals surface area contributed by atoms with Crippen LogP contribution in [0.5, 0.6) is 11.5 Å². The molecule has 0 saturated carbocycles. The fourth-order valence-corrected chi connectivity index (χ4v) is 3.03. The average Bonchev–Trinajstić information content (AvgIpc) is 2.95. The first-order valence-electron chi connectivity index (χ1n) is 7.80. The molecule has 0 fully saturated rings. The predicted molar refractivity (Wildman–Crippen MR) is 91.0 cm³/mol. The number of ether oxygens (including phenoxy) is 2. The number of rotatable bonds is 5. The number of anilines is 1. The fourth-order valence-electron chi connectivity index (χ4n) is 3.03. The van der Waals surface area contributed by atoms with Gasteiger partial charge in [0.15, 0.2) is 18.1 Å². The van der Waals surface area contributed by atoms with E-state index in [-0.39, 0.29) is 18.6 Å². The molecule has 5 nitrogen and oxygen atoms in total. The molecule has 124 valence electrons. The van der Waals surface area contributed by atoms with Gasteiger partial charge >= 0.3 is 0 Å². The molecule has 0 spiro atoms. The third-order valence-electron chi connectivity index (χ3n) is 4.15. The topological polar surface area (TPSA) is 55.8 Å². The first kappa shape index (κ1) is 16.1. The molecule has 1 aliphatic rings. The van der Waals surface area contributed by atoms with Gasteiger partial charge in [0.05, 0.1) is 7.11 Å². The van der Waals surface area contributed by atoms with Gasteiger partial charge in [-0.25, -0.2) is 0 Å². The monoisotopic (exact) mass is 325 g/mol. The van der Waals surface area contributed by atoms with Crippen molar-refractivity contribution >= 4 is 17.9 Å². The quantitative estimate of drug-likeness (QED) is 0.793. The maximum atomic E-state index is 12.6. The van der Waals surface area contributed by atoms with E-state index in [1.54, 1.807) is 23.1 Å². The summed E-state index contributed by atoms with van der Waals surface area (Å²) in [5.74, 6) is 0.771. The van der Waals surface area contributed by atoms with Gasteiger partial charge in [0, 0.05) is 17.3 Å². The Hall–Kier alpha value is -2.82. The van der Waals surface area contributed by atoms with Gasteiger partial charge in [-0.1, -0.05) is 18.2 Å². The summed E-state index contributed by atoms with van der Waals surface area (Å²) in [6.07, 6.45) is 1.58. The minimum absolute atomic E-state index is 0.0878. The minimum Gasteiger partial charge on any atom is -0.493 e. The Morgan fingerprint density at radius 3 is 2.79 bits per heavy atom. The maximum Gasteiger partial charge on any atom is 0.265 e. The number of fused-ring (bicyclic) bond motifs is 1. The molecule has 0 N–H and O–H groups in total. The van der Waals surface area contributed by atoms with Crippen LogP contribution in [-0.4, -0.2) is 32.0 Å². The molecule has 0 bridgehead atoms. The number of aldehydes is 1. The second-order valence-corrected chi connectivity index (χ2v) is 5.76. The van der Waals surface area contributed by atoms with Crippen molar-refractivity contribution in [1.82, 2.24) is 0 Å². The molecular formula is C19H19NO4. The van der Waals surface area contributed by atoms with E-state index in [1.165, 1.54) is 12.7 Å². The molecule has 0 saturated heterocycles. The van der Waals surface area contributed by atoms with Crippen molar-refractivity contribution in [3.8, 4) is 11.5 Å². The Morgan fingerprint density at radius 2 is 2.04 bits per heavy atom. The normalized spacial score (nSPS) is 15.8. The zero-order valence-electron chi connectivity index (χ0n) is 13.7. The molecule has 3 rings (SSSR count). The van der Waals surface area contributed by atoms with Crippen molar-refractivity contribution in [3.05, 3.63) is 53.6 Å². The molecule has 5 heteroatoms. The summed E-state index contributed by atoms with van der Waals surface area (Å²) in [6, 6.07) is 12.9. The number of amides is 1. The zero-order chi connectivity index (χ0) is 17.1. The SMILES string of the molecule is COc1cc(C=O)ccc1OCC(=O)N1c2ccccc2C[C@H]1C. The number of nitrogens with zero attached hydrogens (tertiary/aromatic N) is 1. The number of carbonyl (C=O) groups excluding carboxylic acids is 2. The molecule has 2 aromatic carbocycles. The highest BCUT2D eigenvalue weighted by Crippen LogP contribution is 2.32. The van der Waals surface area contributed by atoms with Crippen LogP contribution in [0.1, 0.15) is 22.8 Å². The molecule has 0 aromatic heterocycles. The molecule has 0 aliphatic carbocycles. The molecule has 1 atom stereocenters. The van der Waals surface area contributed by atoms with Crippen molar-refractivity contribution < 1.29 is 19.1 Å². The van der Waals surface area contributed by atoms with Gasteiger partial charge in [0.25, 0.3) is 5.91 Å². The van der Waals surface area contributed by atoms with Gasteiger partial charge in [0.2, 0.25) is 0 Å². The lowest BCUT2D eigenvalue weighted by molar-refractivity contribution is -0.120. The number of methoxy groups -OCH3 is 1. The lowest BCUT2D eigenvalue weighted by Crippen LogP contribution is -2.39. The Morgan fingerprint density at radius 1 is 1.25 bits per heavy atom. The summed E-state index contributed by atoms with van der Waals surface area (Å²) in [5, 5.41) is 0. The smallest absolute Gasteiger partial charge is 0.265 e. The Bertz CT molecular complexity index is 772. The van der Waals surface area contributed by atoms with Crippen LogP contribution in [0.25, 0.3) is 0 Å². The fraction of sp³-hybridized carbons (Fsp3) is 0.263. The molecule has 1 amide bonds. The molecule has 0 radical (unpaired) electrons. The molecule has 1 heterocycles. The summed E-state index contributed by atoms with van der Waals surface area (Å²) in [7, 11) is 1.50. The van der Waals surface area contributed by atoms with Gasteiger partial charge in [-0.15, -0.1) is 0 Å². The molecular weight excluding hydrogens is 306 g/mol. The highest BCUT2D eigenvalue weighted by atomic mass is 16.5. The predicted octanol–water partition coefficient (Wildman–Crippen LogP) is 2.86. The van der Waals surface area contributed by atoms with Crippen LogP contribution in [0.3, 0.4) is 0 Å². The van der Waals surface area contributed by atoms with Gasteiger partial charge < -0.3 is 14.4 Å². The van der Waals surface area contributed by atoms with E-state index < -0.39 is 0 Å². The highest BCUT2D eigenvalue weighted by Gasteiger charge is 2.30. The number of para-hydroxylation sites is 1. The van der Waals surface area contributed by atoms with Crippen LogP contribution in [0.2, 0.25) is 0 Å². The van der Waals surface area contributed by atoms with E-state index in [2.05, 4.69) is 0 Å². The van der Waals surface area contributed by atoms with Gasteiger partial charge in [-0.2, -0.15) is 0 Å². The van der Waals surface area contributed by atoms with Crippen molar-refractivity contribution in [3.63, 3.8) is 0 Å². The Kier molecular flexibility index (Phi) is 4.51. The molecule has 0 unspecified atom stereocenters. The van der Waals surface area contributed by atoms with E-state index in [4.69, 9.17) is 9.47 Å². The van der Waals surface area contributed by atoms with Crippen LogP contribution in [-0.2, 0) is 11.2 Å². The maximum absolute atomic E-state index is 12.6. The average molecular weight is 325 g/mol. The lowest BCUT2D eigenvalue weighted by Gasteiger charge is -2.23. The standard InChI is InChI=1S/C19H19NO4/c1-13-9-15-5-3-4-6-16(15)20(13)19(22)12-24-17-8-7-14(11-21)10-18(17)23-2/h3-8,10-11,13H,9,12H2,1-2H3/t13-/m1/s1. The van der Waals surface area contributed by atoms with Crippen LogP contribution in [0.15, 0.2) is 42.5 Å². The third-order valence-corrected chi connectivity index (χ3v) is 4.15. The van der Waals surface area contributed by atoms with Gasteiger partial charge in [0.1, 0.15) is 6.29 Å². The van der Waals surface area contributed by atoms with Crippen LogP contribution < -0.4 is 14.4 Å². The van der Waals surface area contributed by atoms with Gasteiger partial charge in [-0.3, -0.25) is 9.59 Å². The number of carbonyl (C=O) groups is 2. The highest BCUT2D eigenvalue weighted by molar-refractivity contribution is 5.97. The second kappa shape index (κ2) is 6.74. The van der Waals surface area contributed by atoms with Crippen LogP contribution in [0.4, 0.5) is 5.69 Å².